The van der Waals surface area contributed by atoms with Crippen molar-refractivity contribution in [3.63, 3.8) is 0 Å². The SMILES string of the molecule is CC(C)NCc1ccc(S(=O)(=O)NCCC2CC2)s1. The molecule has 0 atom stereocenters. The maximum atomic E-state index is 12.1. The Bertz CT molecular complexity index is 504. The molecular weight excluding hydrogens is 280 g/mol. The minimum atomic E-state index is -3.31. The van der Waals surface area contributed by atoms with Crippen LogP contribution in [0.25, 0.3) is 0 Å². The molecule has 4 nitrogen and oxygen atoms in total. The molecule has 1 aromatic rings. The van der Waals surface area contributed by atoms with Gasteiger partial charge in [0.05, 0.1) is 0 Å². The van der Waals surface area contributed by atoms with Crippen LogP contribution in [0.2, 0.25) is 0 Å². The first-order valence-corrected chi connectivity index (χ1v) is 9.09. The van der Waals surface area contributed by atoms with E-state index in [1.54, 1.807) is 6.07 Å². The minimum absolute atomic E-state index is 0.402. The molecular formula is C13H22N2O2S2. The third kappa shape index (κ3) is 4.87. The second-order valence-corrected chi connectivity index (χ2v) is 8.55. The van der Waals surface area contributed by atoms with Gasteiger partial charge in [-0.3, -0.25) is 0 Å². The summed E-state index contributed by atoms with van der Waals surface area (Å²) < 4.78 is 27.2. The van der Waals surface area contributed by atoms with E-state index in [1.165, 1.54) is 24.2 Å². The molecule has 108 valence electrons. The van der Waals surface area contributed by atoms with Crippen LogP contribution in [0.4, 0.5) is 0 Å². The summed E-state index contributed by atoms with van der Waals surface area (Å²) in [6.45, 7) is 5.43. The molecule has 1 aliphatic carbocycles. The van der Waals surface area contributed by atoms with Crippen LogP contribution in [-0.2, 0) is 16.6 Å². The Labute approximate surface area is 119 Å². The first-order valence-electron chi connectivity index (χ1n) is 6.79. The lowest BCUT2D eigenvalue weighted by molar-refractivity contribution is 0.577. The Hall–Kier alpha value is -0.430. The molecule has 0 spiro atoms. The van der Waals surface area contributed by atoms with Crippen molar-refractivity contribution in [1.82, 2.24) is 10.0 Å². The summed E-state index contributed by atoms with van der Waals surface area (Å²) in [6, 6.07) is 3.98. The van der Waals surface area contributed by atoms with Gasteiger partial charge in [0.25, 0.3) is 0 Å². The molecule has 1 aliphatic rings. The van der Waals surface area contributed by atoms with Gasteiger partial charge in [-0.1, -0.05) is 26.7 Å². The lowest BCUT2D eigenvalue weighted by Crippen LogP contribution is -2.24. The fourth-order valence-electron chi connectivity index (χ4n) is 1.78. The highest BCUT2D eigenvalue weighted by Crippen LogP contribution is 2.32. The van der Waals surface area contributed by atoms with Crippen LogP contribution in [0, 0.1) is 5.92 Å². The van der Waals surface area contributed by atoms with Gasteiger partial charge < -0.3 is 5.32 Å². The van der Waals surface area contributed by atoms with Gasteiger partial charge in [0.15, 0.2) is 0 Å². The van der Waals surface area contributed by atoms with Crippen molar-refractivity contribution >= 4 is 21.4 Å². The summed E-state index contributed by atoms with van der Waals surface area (Å²) in [7, 11) is -3.31. The Morgan fingerprint density at radius 1 is 1.37 bits per heavy atom. The Kier molecular flexibility index (Phi) is 5.00. The van der Waals surface area contributed by atoms with Gasteiger partial charge in [0, 0.05) is 24.0 Å². The maximum Gasteiger partial charge on any atom is 0.250 e. The zero-order valence-corrected chi connectivity index (χ0v) is 13.1. The van der Waals surface area contributed by atoms with E-state index in [0.29, 0.717) is 16.8 Å². The fraction of sp³-hybridized carbons (Fsp3) is 0.692. The van der Waals surface area contributed by atoms with E-state index in [4.69, 9.17) is 0 Å². The van der Waals surface area contributed by atoms with E-state index < -0.39 is 10.0 Å². The van der Waals surface area contributed by atoms with Gasteiger partial charge in [-0.15, -0.1) is 11.3 Å². The van der Waals surface area contributed by atoms with Gasteiger partial charge in [0.1, 0.15) is 4.21 Å². The smallest absolute Gasteiger partial charge is 0.250 e. The molecule has 6 heteroatoms. The number of rotatable bonds is 8. The van der Waals surface area contributed by atoms with Gasteiger partial charge >= 0.3 is 0 Å². The molecule has 0 unspecified atom stereocenters. The third-order valence-corrected chi connectivity index (χ3v) is 6.17. The molecule has 1 saturated carbocycles. The molecule has 19 heavy (non-hydrogen) atoms. The van der Waals surface area contributed by atoms with Crippen molar-refractivity contribution in [3.05, 3.63) is 17.0 Å². The van der Waals surface area contributed by atoms with Gasteiger partial charge in [-0.25, -0.2) is 13.1 Å². The average Bonchev–Trinajstić information content (AvgIpc) is 3.02. The lowest BCUT2D eigenvalue weighted by Gasteiger charge is -2.05. The standard InChI is InChI=1S/C13H22N2O2S2/c1-10(2)14-9-12-5-6-13(18-12)19(16,17)15-8-7-11-3-4-11/h5-6,10-11,14-15H,3-4,7-9H2,1-2H3. The zero-order valence-electron chi connectivity index (χ0n) is 11.5. The van der Waals surface area contributed by atoms with Gasteiger partial charge in [0.2, 0.25) is 10.0 Å². The topological polar surface area (TPSA) is 58.2 Å². The van der Waals surface area contributed by atoms with Crippen molar-refractivity contribution < 1.29 is 8.42 Å². The molecule has 0 aromatic carbocycles. The number of sulfonamides is 1. The number of thiophene rings is 1. The first-order chi connectivity index (χ1) is 8.97. The number of hydrogen-bond donors (Lipinski definition) is 2. The number of nitrogens with one attached hydrogen (secondary N) is 2. The zero-order chi connectivity index (χ0) is 13.9. The largest absolute Gasteiger partial charge is 0.310 e. The van der Waals surface area contributed by atoms with E-state index in [-0.39, 0.29) is 0 Å². The van der Waals surface area contributed by atoms with Crippen LogP contribution in [0.5, 0.6) is 0 Å². The molecule has 0 amide bonds. The molecule has 0 radical (unpaired) electrons. The second kappa shape index (κ2) is 6.35. The van der Waals surface area contributed by atoms with Crippen molar-refractivity contribution in [1.29, 1.82) is 0 Å². The highest BCUT2D eigenvalue weighted by Gasteiger charge is 2.22. The van der Waals surface area contributed by atoms with Crippen LogP contribution in [0.1, 0.15) is 38.0 Å². The lowest BCUT2D eigenvalue weighted by atomic mass is 10.3. The quantitative estimate of drug-likeness (QED) is 0.775. The molecule has 1 fully saturated rings. The van der Waals surface area contributed by atoms with Crippen molar-refractivity contribution in [2.24, 2.45) is 5.92 Å². The Morgan fingerprint density at radius 2 is 2.11 bits per heavy atom. The van der Waals surface area contributed by atoms with Crippen LogP contribution in [0.3, 0.4) is 0 Å². The van der Waals surface area contributed by atoms with Crippen LogP contribution < -0.4 is 10.0 Å². The van der Waals surface area contributed by atoms with E-state index >= 15 is 0 Å². The normalized spacial score (nSPS) is 16.2. The minimum Gasteiger partial charge on any atom is -0.310 e. The van der Waals surface area contributed by atoms with Crippen molar-refractivity contribution in [2.45, 2.75) is 49.9 Å². The molecule has 2 N–H and O–H groups in total. The maximum absolute atomic E-state index is 12.1. The summed E-state index contributed by atoms with van der Waals surface area (Å²) in [6.07, 6.45) is 3.48. The fourth-order valence-corrected chi connectivity index (χ4v) is 4.18. The third-order valence-electron chi connectivity index (χ3n) is 3.13. The average molecular weight is 302 g/mol. The van der Waals surface area contributed by atoms with Crippen molar-refractivity contribution in [2.75, 3.05) is 6.54 Å². The Morgan fingerprint density at radius 3 is 2.74 bits per heavy atom. The Balaban J connectivity index is 1.87. The summed E-state index contributed by atoms with van der Waals surface area (Å²) in [4.78, 5) is 1.05. The predicted octanol–water partition coefficient (Wildman–Crippen LogP) is 2.32. The van der Waals surface area contributed by atoms with Gasteiger partial charge in [-0.05, 0) is 24.5 Å². The van der Waals surface area contributed by atoms with E-state index in [0.717, 1.165) is 23.8 Å². The summed E-state index contributed by atoms with van der Waals surface area (Å²) in [5.74, 6) is 0.747. The van der Waals surface area contributed by atoms with Crippen molar-refractivity contribution in [3.8, 4) is 0 Å². The number of hydrogen-bond acceptors (Lipinski definition) is 4. The van der Waals surface area contributed by atoms with Crippen LogP contribution in [-0.4, -0.2) is 21.0 Å². The van der Waals surface area contributed by atoms with Gasteiger partial charge in [-0.2, -0.15) is 0 Å². The van der Waals surface area contributed by atoms with Crippen LogP contribution >= 0.6 is 11.3 Å². The second-order valence-electron chi connectivity index (χ2n) is 5.39. The van der Waals surface area contributed by atoms with E-state index in [1.807, 2.05) is 6.07 Å². The first kappa shape index (κ1) is 15.0. The molecule has 0 saturated heterocycles. The monoisotopic (exact) mass is 302 g/mol. The predicted molar refractivity (Wildman–Crippen MR) is 78.8 cm³/mol. The summed E-state index contributed by atoms with van der Waals surface area (Å²) in [5, 5.41) is 3.29. The van der Waals surface area contributed by atoms with Crippen LogP contribution in [0.15, 0.2) is 16.3 Å². The highest BCUT2D eigenvalue weighted by molar-refractivity contribution is 7.91. The molecule has 1 aromatic heterocycles. The molecule has 0 bridgehead atoms. The van der Waals surface area contributed by atoms with E-state index in [2.05, 4.69) is 23.9 Å². The highest BCUT2D eigenvalue weighted by atomic mass is 32.2. The summed E-state index contributed by atoms with van der Waals surface area (Å²) >= 11 is 1.34. The molecule has 2 rings (SSSR count). The summed E-state index contributed by atoms with van der Waals surface area (Å²) in [5.41, 5.74) is 0. The van der Waals surface area contributed by atoms with E-state index in [9.17, 15) is 8.42 Å². The molecule has 0 aliphatic heterocycles. The molecule has 1 heterocycles.